The Morgan fingerprint density at radius 2 is 1.75 bits per heavy atom. The summed E-state index contributed by atoms with van der Waals surface area (Å²) in [5, 5.41) is 2.81. The van der Waals surface area contributed by atoms with Crippen molar-refractivity contribution in [2.45, 2.75) is 58.1 Å². The molecule has 7 heteroatoms. The minimum absolute atomic E-state index is 0.0351. The summed E-state index contributed by atoms with van der Waals surface area (Å²) in [6, 6.07) is 0.0351. The topological polar surface area (TPSA) is 96.5 Å². The molecule has 0 unspecified atom stereocenters. The fourth-order valence-corrected chi connectivity index (χ4v) is 2.18. The van der Waals surface area contributed by atoms with Gasteiger partial charge in [0.2, 0.25) is 12.3 Å². The van der Waals surface area contributed by atoms with Crippen LogP contribution in [-0.4, -0.2) is 30.1 Å². The molecular weight excluding hydrogens is 262 g/mol. The predicted molar refractivity (Wildman–Crippen MR) is 72.5 cm³/mol. The van der Waals surface area contributed by atoms with Crippen molar-refractivity contribution in [3.8, 4) is 0 Å². The number of nitrogens with one attached hydrogen (secondary N) is 3. The number of amides is 3. The Bertz CT molecular complexity index is 357. The van der Waals surface area contributed by atoms with Gasteiger partial charge in [-0.3, -0.25) is 20.4 Å². The normalized spacial score (nSPS) is 22.6. The molecule has 3 N–H and O–H groups in total. The van der Waals surface area contributed by atoms with Crippen molar-refractivity contribution in [2.75, 3.05) is 0 Å². The van der Waals surface area contributed by atoms with Crippen LogP contribution in [-0.2, 0) is 14.3 Å². The predicted octanol–water partition coefficient (Wildman–Crippen LogP) is 0.847. The fraction of sp³-hybridized carbons (Fsp3) is 0.769. The molecule has 0 aromatic heterocycles. The first-order chi connectivity index (χ1) is 9.31. The largest absolute Gasteiger partial charge is 0.444 e. The van der Waals surface area contributed by atoms with Crippen molar-refractivity contribution in [1.82, 2.24) is 16.2 Å². The molecular formula is C13H23N3O4. The van der Waals surface area contributed by atoms with E-state index in [0.717, 1.165) is 12.8 Å². The molecule has 0 aromatic carbocycles. The molecule has 0 saturated heterocycles. The second kappa shape index (κ2) is 7.12. The molecule has 114 valence electrons. The van der Waals surface area contributed by atoms with Crippen LogP contribution in [0.15, 0.2) is 0 Å². The Morgan fingerprint density at radius 1 is 1.15 bits per heavy atom. The zero-order valence-corrected chi connectivity index (χ0v) is 12.2. The van der Waals surface area contributed by atoms with Crippen LogP contribution >= 0.6 is 0 Å². The molecule has 0 spiro atoms. The number of hydrazine groups is 1. The fourth-order valence-electron chi connectivity index (χ4n) is 2.18. The van der Waals surface area contributed by atoms with Gasteiger partial charge in [-0.2, -0.15) is 0 Å². The Balaban J connectivity index is 2.30. The molecule has 1 rings (SSSR count). The Morgan fingerprint density at radius 3 is 2.25 bits per heavy atom. The van der Waals surface area contributed by atoms with Gasteiger partial charge in [0.25, 0.3) is 0 Å². The summed E-state index contributed by atoms with van der Waals surface area (Å²) in [5.74, 6) is -0.313. The first-order valence-electron chi connectivity index (χ1n) is 6.80. The van der Waals surface area contributed by atoms with Crippen LogP contribution in [0.1, 0.15) is 46.5 Å². The summed E-state index contributed by atoms with van der Waals surface area (Å²) in [4.78, 5) is 33.3. The summed E-state index contributed by atoms with van der Waals surface area (Å²) >= 11 is 0. The second-order valence-electron chi connectivity index (χ2n) is 5.95. The van der Waals surface area contributed by atoms with E-state index in [1.807, 2.05) is 20.8 Å². The van der Waals surface area contributed by atoms with Gasteiger partial charge in [0.05, 0.1) is 0 Å². The van der Waals surface area contributed by atoms with Gasteiger partial charge in [0.15, 0.2) is 0 Å². The monoisotopic (exact) mass is 285 g/mol. The maximum atomic E-state index is 11.6. The quantitative estimate of drug-likeness (QED) is 0.527. The van der Waals surface area contributed by atoms with Gasteiger partial charge in [-0.15, -0.1) is 0 Å². The molecule has 0 bridgehead atoms. The molecule has 0 heterocycles. The molecule has 1 aliphatic rings. The highest BCUT2D eigenvalue weighted by molar-refractivity contribution is 5.79. The molecule has 0 aromatic rings. The van der Waals surface area contributed by atoms with Crippen LogP contribution in [0.5, 0.6) is 0 Å². The zero-order chi connectivity index (χ0) is 15.2. The average Bonchev–Trinajstić information content (AvgIpc) is 2.34. The van der Waals surface area contributed by atoms with E-state index in [4.69, 9.17) is 4.74 Å². The summed E-state index contributed by atoms with van der Waals surface area (Å²) in [7, 11) is 0. The third kappa shape index (κ3) is 5.90. The van der Waals surface area contributed by atoms with Gasteiger partial charge in [-0.1, -0.05) is 0 Å². The summed E-state index contributed by atoms with van der Waals surface area (Å²) in [6.45, 7) is 5.44. The van der Waals surface area contributed by atoms with Crippen molar-refractivity contribution in [1.29, 1.82) is 0 Å². The van der Waals surface area contributed by atoms with E-state index in [1.165, 1.54) is 0 Å². The molecule has 0 aliphatic heterocycles. The smallest absolute Gasteiger partial charge is 0.407 e. The second-order valence-corrected chi connectivity index (χ2v) is 5.95. The summed E-state index contributed by atoms with van der Waals surface area (Å²) in [5.41, 5.74) is 3.95. The number of hydrogen-bond donors (Lipinski definition) is 3. The van der Waals surface area contributed by atoms with Crippen molar-refractivity contribution in [2.24, 2.45) is 5.92 Å². The molecule has 1 aliphatic carbocycles. The van der Waals surface area contributed by atoms with Crippen LogP contribution in [0, 0.1) is 5.92 Å². The van der Waals surface area contributed by atoms with Crippen LogP contribution < -0.4 is 16.2 Å². The molecule has 3 amide bonds. The van der Waals surface area contributed by atoms with E-state index in [1.54, 1.807) is 0 Å². The van der Waals surface area contributed by atoms with Crippen molar-refractivity contribution < 1.29 is 19.1 Å². The van der Waals surface area contributed by atoms with Crippen molar-refractivity contribution >= 4 is 18.4 Å². The summed E-state index contributed by atoms with van der Waals surface area (Å²) in [6.07, 6.45) is 2.79. The molecule has 7 nitrogen and oxygen atoms in total. The Hall–Kier alpha value is -1.79. The SMILES string of the molecule is CC(C)(C)OC(=O)N[C@H]1CC[C@H](C(=O)NNC=O)CC1. The third-order valence-corrected chi connectivity index (χ3v) is 3.07. The molecule has 0 radical (unpaired) electrons. The van der Waals surface area contributed by atoms with E-state index < -0.39 is 11.7 Å². The highest BCUT2D eigenvalue weighted by Crippen LogP contribution is 2.24. The Labute approximate surface area is 118 Å². The van der Waals surface area contributed by atoms with Gasteiger partial charge in [0, 0.05) is 12.0 Å². The first-order valence-corrected chi connectivity index (χ1v) is 6.80. The molecule has 1 fully saturated rings. The van der Waals surface area contributed by atoms with Gasteiger partial charge in [0.1, 0.15) is 5.60 Å². The maximum absolute atomic E-state index is 11.6. The maximum Gasteiger partial charge on any atom is 0.407 e. The number of ether oxygens (including phenoxy) is 1. The van der Waals surface area contributed by atoms with Crippen LogP contribution in [0.2, 0.25) is 0 Å². The number of hydrogen-bond acceptors (Lipinski definition) is 4. The molecule has 1 saturated carbocycles. The lowest BCUT2D eigenvalue weighted by Crippen LogP contribution is -2.45. The van der Waals surface area contributed by atoms with E-state index in [0.29, 0.717) is 19.3 Å². The van der Waals surface area contributed by atoms with Gasteiger partial charge >= 0.3 is 6.09 Å². The highest BCUT2D eigenvalue weighted by atomic mass is 16.6. The number of carbonyl (C=O) groups excluding carboxylic acids is 3. The lowest BCUT2D eigenvalue weighted by molar-refractivity contribution is -0.129. The van der Waals surface area contributed by atoms with Gasteiger partial charge in [-0.25, -0.2) is 4.79 Å². The van der Waals surface area contributed by atoms with Gasteiger partial charge in [-0.05, 0) is 46.5 Å². The molecule has 0 atom stereocenters. The van der Waals surface area contributed by atoms with Crippen LogP contribution in [0.4, 0.5) is 4.79 Å². The Kier molecular flexibility index (Phi) is 5.79. The first kappa shape index (κ1) is 16.3. The molecule has 20 heavy (non-hydrogen) atoms. The van der Waals surface area contributed by atoms with E-state index in [9.17, 15) is 14.4 Å². The third-order valence-electron chi connectivity index (χ3n) is 3.07. The van der Waals surface area contributed by atoms with Crippen LogP contribution in [0.3, 0.4) is 0 Å². The number of rotatable bonds is 4. The minimum Gasteiger partial charge on any atom is -0.444 e. The average molecular weight is 285 g/mol. The zero-order valence-electron chi connectivity index (χ0n) is 12.2. The van der Waals surface area contributed by atoms with E-state index >= 15 is 0 Å². The minimum atomic E-state index is -0.512. The van der Waals surface area contributed by atoms with E-state index in [2.05, 4.69) is 16.2 Å². The summed E-state index contributed by atoms with van der Waals surface area (Å²) < 4.78 is 5.19. The highest BCUT2D eigenvalue weighted by Gasteiger charge is 2.28. The van der Waals surface area contributed by atoms with Crippen molar-refractivity contribution in [3.05, 3.63) is 0 Å². The lowest BCUT2D eigenvalue weighted by atomic mass is 9.85. The number of alkyl carbamates (subject to hydrolysis) is 1. The van der Waals surface area contributed by atoms with Crippen LogP contribution in [0.25, 0.3) is 0 Å². The lowest BCUT2D eigenvalue weighted by Gasteiger charge is -2.29. The van der Waals surface area contributed by atoms with Gasteiger partial charge < -0.3 is 10.1 Å². The van der Waals surface area contributed by atoms with E-state index in [-0.39, 0.29) is 17.9 Å². The standard InChI is InChI=1S/C13H23N3O4/c1-13(2,3)20-12(19)15-10-6-4-9(5-7-10)11(18)16-14-8-17/h8-10H,4-7H2,1-3H3,(H,14,17)(H,15,19)(H,16,18)/t9-,10-. The van der Waals surface area contributed by atoms with Crippen molar-refractivity contribution in [3.63, 3.8) is 0 Å². The number of carbonyl (C=O) groups is 3.